The molecule has 4 N–H and O–H groups in total. The Morgan fingerprint density at radius 2 is 1.72 bits per heavy atom. The van der Waals surface area contributed by atoms with Gasteiger partial charge in [-0.25, -0.2) is 4.79 Å². The van der Waals surface area contributed by atoms with E-state index in [4.69, 9.17) is 19.9 Å². The molecule has 0 spiro atoms. The number of likely N-dealkylation sites (N-methyl/N-ethyl adjacent to an activating group) is 1. The summed E-state index contributed by atoms with van der Waals surface area (Å²) in [6.07, 6.45) is -5.43. The Balaban J connectivity index is 2.61. The predicted octanol–water partition coefficient (Wildman–Crippen LogP) is 4.84. The first kappa shape index (κ1) is 39.5. The van der Waals surface area contributed by atoms with E-state index in [1.54, 1.807) is 19.2 Å². The summed E-state index contributed by atoms with van der Waals surface area (Å²) >= 11 is 0. The van der Waals surface area contributed by atoms with Crippen LogP contribution >= 0.6 is 0 Å². The van der Waals surface area contributed by atoms with Gasteiger partial charge in [0.05, 0.1) is 6.61 Å². The van der Waals surface area contributed by atoms with Gasteiger partial charge in [0.2, 0.25) is 0 Å². The number of nitrogens with zero attached hydrogens (tertiary/aromatic N) is 2. The van der Waals surface area contributed by atoms with Gasteiger partial charge in [0.25, 0.3) is 5.91 Å². The highest BCUT2D eigenvalue weighted by atomic mass is 19.4. The number of unbranched alkanes of at least 4 members (excludes halogenated alkanes) is 1. The molecular formula is C34H50F3N5O5. The quantitative estimate of drug-likeness (QED) is 0.0795. The van der Waals surface area contributed by atoms with Crippen molar-refractivity contribution < 1.29 is 37.0 Å². The van der Waals surface area contributed by atoms with Crippen molar-refractivity contribution in [1.82, 2.24) is 15.5 Å². The molecule has 2 atom stereocenters. The second-order valence-electron chi connectivity index (χ2n) is 11.1. The van der Waals surface area contributed by atoms with E-state index in [0.717, 1.165) is 37.2 Å². The Morgan fingerprint density at radius 3 is 2.34 bits per heavy atom. The largest absolute Gasteiger partial charge is 0.493 e. The fourth-order valence-corrected chi connectivity index (χ4v) is 4.84. The summed E-state index contributed by atoms with van der Waals surface area (Å²) in [7, 11) is 1.59. The van der Waals surface area contributed by atoms with E-state index in [9.17, 15) is 22.8 Å². The van der Waals surface area contributed by atoms with Crippen LogP contribution in [0.1, 0.15) is 58.1 Å². The van der Waals surface area contributed by atoms with E-state index in [2.05, 4.69) is 34.4 Å². The van der Waals surface area contributed by atoms with Crippen LogP contribution in [0.25, 0.3) is 11.1 Å². The summed E-state index contributed by atoms with van der Waals surface area (Å²) in [6.45, 7) is 12.0. The molecule has 262 valence electrons. The van der Waals surface area contributed by atoms with Crippen molar-refractivity contribution in [2.24, 2.45) is 10.7 Å². The molecule has 0 aliphatic rings. The fraction of sp³-hybridized carbons (Fsp3) is 0.559. The molecule has 10 nitrogen and oxygen atoms in total. The summed E-state index contributed by atoms with van der Waals surface area (Å²) in [6, 6.07) is 13.1. The van der Waals surface area contributed by atoms with Crippen LogP contribution in [0, 0.1) is 0 Å². The molecule has 0 heterocycles. The van der Waals surface area contributed by atoms with Crippen LogP contribution in [0.2, 0.25) is 0 Å². The van der Waals surface area contributed by atoms with Crippen LogP contribution < -0.4 is 21.1 Å². The van der Waals surface area contributed by atoms with Crippen molar-refractivity contribution in [3.05, 3.63) is 53.6 Å². The lowest BCUT2D eigenvalue weighted by molar-refractivity contribution is -0.205. The van der Waals surface area contributed by atoms with Gasteiger partial charge in [-0.3, -0.25) is 15.1 Å². The highest BCUT2D eigenvalue weighted by Crippen LogP contribution is 2.36. The number of hydrogen-bond donors (Lipinski definition) is 3. The summed E-state index contributed by atoms with van der Waals surface area (Å²) in [5.41, 5.74) is 8.56. The van der Waals surface area contributed by atoms with E-state index >= 15 is 0 Å². The van der Waals surface area contributed by atoms with Gasteiger partial charge in [-0.2, -0.15) is 13.2 Å². The summed E-state index contributed by atoms with van der Waals surface area (Å²) < 4.78 is 56.3. The van der Waals surface area contributed by atoms with Gasteiger partial charge in [-0.15, -0.1) is 0 Å². The number of alkyl halides is 3. The maximum absolute atomic E-state index is 13.3. The van der Waals surface area contributed by atoms with Gasteiger partial charge >= 0.3 is 12.1 Å². The molecular weight excluding hydrogens is 615 g/mol. The zero-order valence-corrected chi connectivity index (χ0v) is 28.1. The molecule has 2 unspecified atom stereocenters. The second kappa shape index (κ2) is 20.5. The average molecular weight is 666 g/mol. The van der Waals surface area contributed by atoms with E-state index in [1.807, 2.05) is 44.2 Å². The molecule has 2 aromatic carbocycles. The Morgan fingerprint density at radius 1 is 1.02 bits per heavy atom. The zero-order valence-electron chi connectivity index (χ0n) is 28.1. The summed E-state index contributed by atoms with van der Waals surface area (Å²) in [5.74, 6) is -3.27. The predicted molar refractivity (Wildman–Crippen MR) is 177 cm³/mol. The minimum absolute atomic E-state index is 0.0331. The van der Waals surface area contributed by atoms with Gasteiger partial charge < -0.3 is 30.2 Å². The van der Waals surface area contributed by atoms with Gasteiger partial charge in [-0.05, 0) is 37.6 Å². The van der Waals surface area contributed by atoms with Gasteiger partial charge in [-0.1, -0.05) is 69.7 Å². The Bertz CT molecular complexity index is 1270. The van der Waals surface area contributed by atoms with Crippen molar-refractivity contribution >= 4 is 17.8 Å². The minimum atomic E-state index is -5.31. The van der Waals surface area contributed by atoms with Crippen LogP contribution in [0.5, 0.6) is 5.75 Å². The average Bonchev–Trinajstić information content (AvgIpc) is 3.04. The van der Waals surface area contributed by atoms with Crippen molar-refractivity contribution in [2.75, 3.05) is 46.5 Å². The summed E-state index contributed by atoms with van der Waals surface area (Å²) in [4.78, 5) is 31.6. The molecule has 0 fully saturated rings. The standard InChI is InChI=1S/C34H50F3N5O5/c1-6-9-18-39-33(38)41-31(43)29(47-32(44)34(35,36)37)21-26-16-17-27(25-14-11-10-12-15-25)30(46-20-13-19-45-5)28(26)22-40-24(4)23-42(7-2)8-3/h10-12,14-17,24,29,40H,6-9,13,18-23H2,1-5H3,(H3,38,39,41,43). The fourth-order valence-electron chi connectivity index (χ4n) is 4.84. The van der Waals surface area contributed by atoms with Gasteiger partial charge in [0.15, 0.2) is 12.1 Å². The smallest absolute Gasteiger partial charge is 0.490 e. The van der Waals surface area contributed by atoms with Crippen molar-refractivity contribution in [2.45, 2.75) is 78.2 Å². The SMILES string of the molecule is CCCCN=C(N)NC(=O)C(Cc1ccc(-c2ccccc2)c(OCCCOC)c1CNC(C)CN(CC)CC)OC(=O)C(F)(F)F. The number of halogens is 3. The van der Waals surface area contributed by atoms with E-state index in [-0.39, 0.29) is 25.0 Å². The number of aliphatic imine (C=N–C) groups is 1. The maximum atomic E-state index is 13.3. The molecule has 13 heteroatoms. The maximum Gasteiger partial charge on any atom is 0.490 e. The van der Waals surface area contributed by atoms with E-state index < -0.39 is 24.2 Å². The van der Waals surface area contributed by atoms with Crippen molar-refractivity contribution in [3.8, 4) is 16.9 Å². The van der Waals surface area contributed by atoms with Crippen LogP contribution in [0.4, 0.5) is 13.2 Å². The number of carbonyl (C=O) groups is 2. The number of esters is 1. The number of guanidine groups is 1. The number of methoxy groups -OCH3 is 1. The number of ether oxygens (including phenoxy) is 3. The van der Waals surface area contributed by atoms with Crippen LogP contribution in [0.15, 0.2) is 47.5 Å². The van der Waals surface area contributed by atoms with Crippen molar-refractivity contribution in [3.63, 3.8) is 0 Å². The molecule has 0 aliphatic heterocycles. The molecule has 1 amide bonds. The van der Waals surface area contributed by atoms with E-state index in [0.29, 0.717) is 49.5 Å². The topological polar surface area (TPSA) is 128 Å². The third-order valence-corrected chi connectivity index (χ3v) is 7.46. The third kappa shape index (κ3) is 13.5. The Labute approximate surface area is 276 Å². The molecule has 0 aromatic heterocycles. The molecule has 0 saturated carbocycles. The molecule has 0 aliphatic carbocycles. The lowest BCUT2D eigenvalue weighted by Crippen LogP contribution is -2.46. The van der Waals surface area contributed by atoms with Gasteiger partial charge in [0.1, 0.15) is 5.75 Å². The van der Waals surface area contributed by atoms with E-state index in [1.165, 1.54) is 0 Å². The minimum Gasteiger partial charge on any atom is -0.493 e. The van der Waals surface area contributed by atoms with Crippen LogP contribution in [-0.4, -0.2) is 87.6 Å². The number of hydrogen-bond acceptors (Lipinski definition) is 8. The highest BCUT2D eigenvalue weighted by molar-refractivity contribution is 5.99. The Hall–Kier alpha value is -3.68. The van der Waals surface area contributed by atoms with Crippen LogP contribution in [0.3, 0.4) is 0 Å². The second-order valence-corrected chi connectivity index (χ2v) is 11.1. The number of amides is 1. The number of benzene rings is 2. The lowest BCUT2D eigenvalue weighted by Gasteiger charge is -2.26. The number of rotatable bonds is 20. The normalized spacial score (nSPS) is 13.3. The Kier molecular flexibility index (Phi) is 17.3. The molecule has 2 rings (SSSR count). The number of nitrogens with one attached hydrogen (secondary N) is 2. The van der Waals surface area contributed by atoms with Crippen LogP contribution in [-0.2, 0) is 32.0 Å². The highest BCUT2D eigenvalue weighted by Gasteiger charge is 2.43. The monoisotopic (exact) mass is 665 g/mol. The molecule has 0 radical (unpaired) electrons. The lowest BCUT2D eigenvalue weighted by atomic mass is 9.93. The molecule has 2 aromatic rings. The number of nitrogens with two attached hydrogens (primary N) is 1. The molecule has 0 bridgehead atoms. The summed E-state index contributed by atoms with van der Waals surface area (Å²) in [5, 5.41) is 5.81. The zero-order chi connectivity index (χ0) is 34.8. The third-order valence-electron chi connectivity index (χ3n) is 7.46. The first-order valence-electron chi connectivity index (χ1n) is 16.1. The van der Waals surface area contributed by atoms with Gasteiger partial charge in [0, 0.05) is 63.4 Å². The molecule has 47 heavy (non-hydrogen) atoms. The van der Waals surface area contributed by atoms with Crippen molar-refractivity contribution in [1.29, 1.82) is 0 Å². The number of carbonyl (C=O) groups excluding carboxylic acids is 2. The first-order valence-corrected chi connectivity index (χ1v) is 16.1. The molecule has 0 saturated heterocycles. The first-order chi connectivity index (χ1) is 22.4.